The molecule has 18 heavy (non-hydrogen) atoms. The zero-order chi connectivity index (χ0) is 13.5. The third-order valence-electron chi connectivity index (χ3n) is 2.65. The molecule has 4 heteroatoms. The van der Waals surface area contributed by atoms with Gasteiger partial charge in [0.1, 0.15) is 5.75 Å². The molecule has 98 valence electrons. The molecular weight excluding hydrogens is 230 g/mol. The Hall–Kier alpha value is -1.81. The molecule has 1 amide bonds. The van der Waals surface area contributed by atoms with Crippen LogP contribution < -0.4 is 0 Å². The first-order valence-corrected chi connectivity index (χ1v) is 5.79. The Labute approximate surface area is 107 Å². The highest BCUT2D eigenvalue weighted by Gasteiger charge is 2.14. The summed E-state index contributed by atoms with van der Waals surface area (Å²) in [6, 6.07) is 4.83. The third-order valence-corrected chi connectivity index (χ3v) is 2.65. The number of phenols is 1. The molecule has 1 rings (SSSR count). The van der Waals surface area contributed by atoms with E-state index in [1.807, 2.05) is 0 Å². The molecule has 0 saturated heterocycles. The predicted molar refractivity (Wildman–Crippen MR) is 70.8 cm³/mol. The molecule has 1 N–H and O–H groups in total. The van der Waals surface area contributed by atoms with Crippen molar-refractivity contribution in [3.05, 3.63) is 42.0 Å². The van der Waals surface area contributed by atoms with E-state index in [2.05, 4.69) is 6.58 Å². The number of rotatable bonds is 6. The minimum Gasteiger partial charge on any atom is -0.508 e. The number of ether oxygens (including phenoxy) is 1. The van der Waals surface area contributed by atoms with Gasteiger partial charge in [-0.05, 0) is 30.7 Å². The van der Waals surface area contributed by atoms with Crippen LogP contribution in [0.2, 0.25) is 0 Å². The lowest BCUT2D eigenvalue weighted by molar-refractivity contribution is 0.0718. The van der Waals surface area contributed by atoms with Gasteiger partial charge in [-0.3, -0.25) is 4.79 Å². The molecule has 0 bridgehead atoms. The highest BCUT2D eigenvalue weighted by atomic mass is 16.5. The van der Waals surface area contributed by atoms with Crippen LogP contribution in [0, 0.1) is 6.92 Å². The summed E-state index contributed by atoms with van der Waals surface area (Å²) in [5.41, 5.74) is 1.24. The summed E-state index contributed by atoms with van der Waals surface area (Å²) in [6.07, 6.45) is 1.68. The van der Waals surface area contributed by atoms with Crippen molar-refractivity contribution in [3.8, 4) is 5.75 Å². The number of hydrogen-bond acceptors (Lipinski definition) is 3. The molecule has 0 aromatic heterocycles. The number of aryl methyl sites for hydroxylation is 1. The Morgan fingerprint density at radius 1 is 1.56 bits per heavy atom. The zero-order valence-corrected chi connectivity index (χ0v) is 10.8. The molecule has 1 aromatic carbocycles. The van der Waals surface area contributed by atoms with E-state index in [0.29, 0.717) is 30.8 Å². The van der Waals surface area contributed by atoms with Crippen LogP contribution in [0.5, 0.6) is 5.75 Å². The van der Waals surface area contributed by atoms with Gasteiger partial charge in [0.2, 0.25) is 0 Å². The molecule has 0 aliphatic rings. The monoisotopic (exact) mass is 249 g/mol. The van der Waals surface area contributed by atoms with Crippen LogP contribution in [-0.4, -0.2) is 42.7 Å². The van der Waals surface area contributed by atoms with Gasteiger partial charge >= 0.3 is 0 Å². The van der Waals surface area contributed by atoms with E-state index < -0.39 is 0 Å². The van der Waals surface area contributed by atoms with Gasteiger partial charge in [0, 0.05) is 25.8 Å². The number of benzene rings is 1. The van der Waals surface area contributed by atoms with Crippen molar-refractivity contribution >= 4 is 5.91 Å². The fourth-order valence-corrected chi connectivity index (χ4v) is 1.60. The highest BCUT2D eigenvalue weighted by Crippen LogP contribution is 2.18. The summed E-state index contributed by atoms with van der Waals surface area (Å²) in [7, 11) is 1.60. The Balaban J connectivity index is 2.86. The normalized spacial score (nSPS) is 10.1. The molecule has 0 unspecified atom stereocenters. The number of amides is 1. The van der Waals surface area contributed by atoms with Crippen LogP contribution in [0.3, 0.4) is 0 Å². The fourth-order valence-electron chi connectivity index (χ4n) is 1.60. The van der Waals surface area contributed by atoms with Crippen LogP contribution in [0.1, 0.15) is 15.9 Å². The zero-order valence-electron chi connectivity index (χ0n) is 10.8. The van der Waals surface area contributed by atoms with Gasteiger partial charge in [-0.25, -0.2) is 0 Å². The molecule has 0 aliphatic heterocycles. The molecular formula is C14H19NO3. The number of carbonyl (C=O) groups is 1. The first-order chi connectivity index (χ1) is 8.60. The van der Waals surface area contributed by atoms with Gasteiger partial charge in [0.15, 0.2) is 0 Å². The van der Waals surface area contributed by atoms with E-state index in [9.17, 15) is 9.90 Å². The van der Waals surface area contributed by atoms with Crippen molar-refractivity contribution in [1.29, 1.82) is 0 Å². The van der Waals surface area contributed by atoms with Crippen LogP contribution in [0.15, 0.2) is 30.9 Å². The SMILES string of the molecule is C=CCN(CCOC)C(=O)c1ccc(O)c(C)c1. The summed E-state index contributed by atoms with van der Waals surface area (Å²) in [5, 5.41) is 9.45. The maximum absolute atomic E-state index is 12.2. The van der Waals surface area contributed by atoms with Crippen LogP contribution >= 0.6 is 0 Å². The first kappa shape index (κ1) is 14.3. The Morgan fingerprint density at radius 3 is 2.83 bits per heavy atom. The molecule has 0 saturated carbocycles. The van der Waals surface area contributed by atoms with Crippen LogP contribution in [0.4, 0.5) is 0 Å². The third kappa shape index (κ3) is 3.60. The second kappa shape index (κ2) is 6.81. The van der Waals surface area contributed by atoms with E-state index in [-0.39, 0.29) is 11.7 Å². The molecule has 4 nitrogen and oxygen atoms in total. The quantitative estimate of drug-likeness (QED) is 0.784. The smallest absolute Gasteiger partial charge is 0.254 e. The van der Waals surface area contributed by atoms with Gasteiger partial charge in [-0.1, -0.05) is 6.08 Å². The summed E-state index contributed by atoms with van der Waals surface area (Å²) < 4.78 is 4.98. The molecule has 1 aromatic rings. The summed E-state index contributed by atoms with van der Waals surface area (Å²) in [5.74, 6) is 0.105. The lowest BCUT2D eigenvalue weighted by atomic mass is 10.1. The number of aromatic hydroxyl groups is 1. The van der Waals surface area contributed by atoms with E-state index in [1.165, 1.54) is 6.07 Å². The average Bonchev–Trinajstić information content (AvgIpc) is 2.37. The Morgan fingerprint density at radius 2 is 2.28 bits per heavy atom. The van der Waals surface area contributed by atoms with Crippen molar-refractivity contribution in [2.24, 2.45) is 0 Å². The first-order valence-electron chi connectivity index (χ1n) is 5.79. The minimum atomic E-state index is -0.0879. The average molecular weight is 249 g/mol. The maximum Gasteiger partial charge on any atom is 0.254 e. The fraction of sp³-hybridized carbons (Fsp3) is 0.357. The van der Waals surface area contributed by atoms with Gasteiger partial charge in [0.05, 0.1) is 6.61 Å². The van der Waals surface area contributed by atoms with Gasteiger partial charge in [0.25, 0.3) is 5.91 Å². The predicted octanol–water partition coefficient (Wildman–Crippen LogP) is 1.98. The lowest BCUT2D eigenvalue weighted by Crippen LogP contribution is -2.34. The van der Waals surface area contributed by atoms with E-state index in [0.717, 1.165) is 0 Å². The number of hydrogen-bond donors (Lipinski definition) is 1. The molecule has 0 atom stereocenters. The van der Waals surface area contributed by atoms with Gasteiger partial charge in [-0.2, -0.15) is 0 Å². The molecule has 0 heterocycles. The number of carbonyl (C=O) groups excluding carboxylic acids is 1. The van der Waals surface area contributed by atoms with Crippen molar-refractivity contribution in [1.82, 2.24) is 4.90 Å². The molecule has 0 radical (unpaired) electrons. The van der Waals surface area contributed by atoms with Crippen molar-refractivity contribution in [2.75, 3.05) is 26.8 Å². The van der Waals surface area contributed by atoms with E-state index in [1.54, 1.807) is 37.1 Å². The van der Waals surface area contributed by atoms with Crippen LogP contribution in [0.25, 0.3) is 0 Å². The second-order valence-corrected chi connectivity index (χ2v) is 4.03. The summed E-state index contributed by atoms with van der Waals surface area (Å²) in [6.45, 7) is 6.88. The van der Waals surface area contributed by atoms with Crippen molar-refractivity contribution in [3.63, 3.8) is 0 Å². The standard InChI is InChI=1S/C14H19NO3/c1-4-7-15(8-9-18-3)14(17)12-5-6-13(16)11(2)10-12/h4-6,10,16H,1,7-9H2,2-3H3. The highest BCUT2D eigenvalue weighted by molar-refractivity contribution is 5.94. The van der Waals surface area contributed by atoms with Crippen molar-refractivity contribution < 1.29 is 14.6 Å². The minimum absolute atomic E-state index is 0.0879. The van der Waals surface area contributed by atoms with E-state index >= 15 is 0 Å². The van der Waals surface area contributed by atoms with Gasteiger partial charge in [-0.15, -0.1) is 6.58 Å². The van der Waals surface area contributed by atoms with Gasteiger partial charge < -0.3 is 14.7 Å². The largest absolute Gasteiger partial charge is 0.508 e. The molecule has 0 spiro atoms. The second-order valence-electron chi connectivity index (χ2n) is 4.03. The maximum atomic E-state index is 12.2. The molecule has 0 aliphatic carbocycles. The lowest BCUT2D eigenvalue weighted by Gasteiger charge is -2.21. The number of methoxy groups -OCH3 is 1. The molecule has 0 fully saturated rings. The summed E-state index contributed by atoms with van der Waals surface area (Å²) in [4.78, 5) is 13.9. The Bertz CT molecular complexity index is 429. The topological polar surface area (TPSA) is 49.8 Å². The number of nitrogens with zero attached hydrogens (tertiary/aromatic N) is 1. The number of phenolic OH excluding ortho intramolecular Hbond substituents is 1. The van der Waals surface area contributed by atoms with Crippen LogP contribution in [-0.2, 0) is 4.74 Å². The summed E-state index contributed by atoms with van der Waals surface area (Å²) >= 11 is 0. The van der Waals surface area contributed by atoms with E-state index in [4.69, 9.17) is 4.74 Å². The Kier molecular flexibility index (Phi) is 5.39. The van der Waals surface area contributed by atoms with Crippen molar-refractivity contribution in [2.45, 2.75) is 6.92 Å².